The van der Waals surface area contributed by atoms with Crippen LogP contribution in [0, 0.1) is 0 Å². The fraction of sp³-hybridized carbons (Fsp3) is 0. The second-order valence-electron chi connectivity index (χ2n) is 5.27. The summed E-state index contributed by atoms with van der Waals surface area (Å²) in [6.07, 6.45) is 0. The molecule has 0 aliphatic rings. The van der Waals surface area contributed by atoms with Gasteiger partial charge in [0, 0.05) is 17.4 Å². The number of hydrogen-bond acceptors (Lipinski definition) is 6. The third-order valence-corrected chi connectivity index (χ3v) is 3.33. The highest BCUT2D eigenvalue weighted by molar-refractivity contribution is 5.62. The average Bonchev–Trinajstić information content (AvgIpc) is 2.53. The van der Waals surface area contributed by atoms with Gasteiger partial charge in [0.1, 0.15) is 23.0 Å². The summed E-state index contributed by atoms with van der Waals surface area (Å²) in [5.41, 5.74) is 25.2. The molecule has 0 fully saturated rings. The van der Waals surface area contributed by atoms with Gasteiger partial charge >= 0.3 is 0 Å². The van der Waals surface area contributed by atoms with Crippen LogP contribution in [0.1, 0.15) is 0 Å². The van der Waals surface area contributed by atoms with Gasteiger partial charge in [-0.25, -0.2) is 0 Å². The van der Waals surface area contributed by atoms with Crippen molar-refractivity contribution in [2.24, 2.45) is 0 Å². The lowest BCUT2D eigenvalue weighted by Crippen LogP contribution is -1.95. The molecule has 0 heterocycles. The highest BCUT2D eigenvalue weighted by Gasteiger charge is 2.06. The molecule has 0 unspecified atom stereocenters. The van der Waals surface area contributed by atoms with Crippen LogP contribution in [0.3, 0.4) is 0 Å². The number of ether oxygens (including phenoxy) is 2. The van der Waals surface area contributed by atoms with Crippen molar-refractivity contribution in [1.29, 1.82) is 0 Å². The predicted octanol–water partition coefficient (Wildman–Crippen LogP) is 3.60. The van der Waals surface area contributed by atoms with Gasteiger partial charge in [-0.15, -0.1) is 0 Å². The van der Waals surface area contributed by atoms with Crippen molar-refractivity contribution < 1.29 is 9.47 Å². The van der Waals surface area contributed by atoms with E-state index in [-0.39, 0.29) is 0 Å². The van der Waals surface area contributed by atoms with Crippen LogP contribution in [0.2, 0.25) is 0 Å². The Labute approximate surface area is 139 Å². The summed E-state index contributed by atoms with van der Waals surface area (Å²) >= 11 is 0. The summed E-state index contributed by atoms with van der Waals surface area (Å²) in [5, 5.41) is 0. The molecule has 0 saturated carbocycles. The van der Waals surface area contributed by atoms with E-state index in [0.29, 0.717) is 45.7 Å². The van der Waals surface area contributed by atoms with E-state index in [2.05, 4.69) is 0 Å². The van der Waals surface area contributed by atoms with Crippen molar-refractivity contribution in [2.45, 2.75) is 0 Å². The molecule has 0 aliphatic carbocycles. The Morgan fingerprint density at radius 2 is 1.00 bits per heavy atom. The van der Waals surface area contributed by atoms with E-state index in [4.69, 9.17) is 32.4 Å². The van der Waals surface area contributed by atoms with Gasteiger partial charge in [-0.1, -0.05) is 6.07 Å². The first-order valence-electron chi connectivity index (χ1n) is 7.27. The third-order valence-electron chi connectivity index (χ3n) is 3.33. The van der Waals surface area contributed by atoms with E-state index in [9.17, 15) is 0 Å². The van der Waals surface area contributed by atoms with E-state index < -0.39 is 0 Å². The smallest absolute Gasteiger partial charge is 0.150 e. The zero-order valence-electron chi connectivity index (χ0n) is 12.9. The predicted molar refractivity (Wildman–Crippen MR) is 97.1 cm³/mol. The average molecular weight is 322 g/mol. The molecule has 3 aromatic carbocycles. The minimum atomic E-state index is 0.462. The zero-order chi connectivity index (χ0) is 17.1. The van der Waals surface area contributed by atoms with Crippen LogP contribution in [0.15, 0.2) is 60.7 Å². The standard InChI is InChI=1S/C18H18N4O2/c19-11-4-6-17(15(21)8-11)23-13-2-1-3-14(10-13)24-18-7-5-12(20)9-16(18)22/h1-10H,19-22H2. The van der Waals surface area contributed by atoms with Gasteiger partial charge in [-0.05, 0) is 48.5 Å². The number of nitrogens with two attached hydrogens (primary N) is 4. The Hall–Kier alpha value is -3.54. The highest BCUT2D eigenvalue weighted by Crippen LogP contribution is 2.33. The molecule has 0 radical (unpaired) electrons. The summed E-state index contributed by atoms with van der Waals surface area (Å²) in [6, 6.07) is 17.3. The van der Waals surface area contributed by atoms with Crippen molar-refractivity contribution in [2.75, 3.05) is 22.9 Å². The Kier molecular flexibility index (Phi) is 4.03. The van der Waals surface area contributed by atoms with Crippen LogP contribution in [-0.4, -0.2) is 0 Å². The lowest BCUT2D eigenvalue weighted by atomic mass is 10.2. The molecular formula is C18H18N4O2. The van der Waals surface area contributed by atoms with Gasteiger partial charge in [-0.3, -0.25) is 0 Å². The van der Waals surface area contributed by atoms with Crippen LogP contribution in [-0.2, 0) is 0 Å². The first kappa shape index (κ1) is 15.4. The Morgan fingerprint density at radius 1 is 0.542 bits per heavy atom. The topological polar surface area (TPSA) is 123 Å². The number of hydrogen-bond donors (Lipinski definition) is 4. The largest absolute Gasteiger partial charge is 0.455 e. The summed E-state index contributed by atoms with van der Waals surface area (Å²) in [6.45, 7) is 0. The van der Waals surface area contributed by atoms with Crippen LogP contribution >= 0.6 is 0 Å². The molecule has 122 valence electrons. The first-order valence-corrected chi connectivity index (χ1v) is 7.27. The number of anilines is 4. The lowest BCUT2D eigenvalue weighted by molar-refractivity contribution is 0.462. The van der Waals surface area contributed by atoms with Crippen LogP contribution in [0.4, 0.5) is 22.7 Å². The SMILES string of the molecule is Nc1ccc(Oc2cccc(Oc3ccc(N)cc3N)c2)c(N)c1. The van der Waals surface area contributed by atoms with Gasteiger partial charge in [0.15, 0.2) is 0 Å². The van der Waals surface area contributed by atoms with Crippen molar-refractivity contribution in [3.8, 4) is 23.0 Å². The summed E-state index contributed by atoms with van der Waals surface area (Å²) in [5.74, 6) is 2.21. The Balaban J connectivity index is 1.81. The van der Waals surface area contributed by atoms with Crippen molar-refractivity contribution >= 4 is 22.7 Å². The van der Waals surface area contributed by atoms with Gasteiger partial charge in [-0.2, -0.15) is 0 Å². The molecule has 24 heavy (non-hydrogen) atoms. The molecule has 6 nitrogen and oxygen atoms in total. The van der Waals surface area contributed by atoms with E-state index in [1.54, 1.807) is 54.6 Å². The minimum Gasteiger partial charge on any atom is -0.455 e. The van der Waals surface area contributed by atoms with Crippen molar-refractivity contribution in [3.05, 3.63) is 60.7 Å². The quantitative estimate of drug-likeness (QED) is 0.544. The van der Waals surface area contributed by atoms with E-state index >= 15 is 0 Å². The maximum Gasteiger partial charge on any atom is 0.150 e. The molecule has 8 N–H and O–H groups in total. The van der Waals surface area contributed by atoms with Crippen molar-refractivity contribution in [1.82, 2.24) is 0 Å². The summed E-state index contributed by atoms with van der Waals surface area (Å²) in [7, 11) is 0. The molecule has 0 aromatic heterocycles. The summed E-state index contributed by atoms with van der Waals surface area (Å²) < 4.78 is 11.6. The van der Waals surface area contributed by atoms with Crippen LogP contribution < -0.4 is 32.4 Å². The molecular weight excluding hydrogens is 304 g/mol. The molecule has 0 atom stereocenters. The normalized spacial score (nSPS) is 10.3. The first-order chi connectivity index (χ1) is 11.5. The number of nitrogen functional groups attached to an aromatic ring is 4. The molecule has 3 rings (SSSR count). The molecule has 0 bridgehead atoms. The number of rotatable bonds is 4. The van der Waals surface area contributed by atoms with Gasteiger partial charge in [0.25, 0.3) is 0 Å². The van der Waals surface area contributed by atoms with Crippen LogP contribution in [0.5, 0.6) is 23.0 Å². The maximum atomic E-state index is 5.90. The lowest BCUT2D eigenvalue weighted by Gasteiger charge is -2.12. The van der Waals surface area contributed by atoms with Crippen molar-refractivity contribution in [3.63, 3.8) is 0 Å². The minimum absolute atomic E-state index is 0.462. The fourth-order valence-corrected chi connectivity index (χ4v) is 2.17. The molecule has 0 aliphatic heterocycles. The second kappa shape index (κ2) is 6.29. The Morgan fingerprint density at radius 3 is 1.42 bits per heavy atom. The van der Waals surface area contributed by atoms with Gasteiger partial charge in [0.2, 0.25) is 0 Å². The molecule has 3 aromatic rings. The second-order valence-corrected chi connectivity index (χ2v) is 5.27. The van der Waals surface area contributed by atoms with Gasteiger partial charge in [0.05, 0.1) is 11.4 Å². The van der Waals surface area contributed by atoms with Gasteiger partial charge < -0.3 is 32.4 Å². The highest BCUT2D eigenvalue weighted by atomic mass is 16.5. The van der Waals surface area contributed by atoms with Crippen LogP contribution in [0.25, 0.3) is 0 Å². The molecule has 6 heteroatoms. The summed E-state index contributed by atoms with van der Waals surface area (Å²) in [4.78, 5) is 0. The van der Waals surface area contributed by atoms with E-state index in [0.717, 1.165) is 0 Å². The zero-order valence-corrected chi connectivity index (χ0v) is 12.9. The molecule has 0 amide bonds. The Bertz CT molecular complexity index is 812. The maximum absolute atomic E-state index is 5.90. The molecule has 0 saturated heterocycles. The number of benzene rings is 3. The molecule has 0 spiro atoms. The van der Waals surface area contributed by atoms with E-state index in [1.165, 1.54) is 0 Å². The monoisotopic (exact) mass is 322 g/mol. The van der Waals surface area contributed by atoms with E-state index in [1.807, 2.05) is 6.07 Å². The third kappa shape index (κ3) is 3.44. The fourth-order valence-electron chi connectivity index (χ4n) is 2.17.